The van der Waals surface area contributed by atoms with Crippen LogP contribution in [0.25, 0.3) is 0 Å². The SMILES string of the molecule is CCNC(=NCc1ccn[nH]1)NC1CCN(Cc2cc(OC)cc(OC)c2)C1.I. The number of nitrogens with zero attached hydrogens (tertiary/aromatic N) is 3. The Kier molecular flexibility index (Phi) is 9.52. The zero-order valence-corrected chi connectivity index (χ0v) is 19.6. The predicted octanol–water partition coefficient (Wildman–Crippen LogP) is 2.37. The zero-order chi connectivity index (χ0) is 19.8. The van der Waals surface area contributed by atoms with Crippen molar-refractivity contribution in [3.05, 3.63) is 41.7 Å². The first kappa shape index (κ1) is 23.3. The number of hydrogen-bond donors (Lipinski definition) is 3. The summed E-state index contributed by atoms with van der Waals surface area (Å²) in [7, 11) is 3.36. The van der Waals surface area contributed by atoms with Crippen LogP contribution in [-0.2, 0) is 13.1 Å². The summed E-state index contributed by atoms with van der Waals surface area (Å²) in [4.78, 5) is 7.08. The molecule has 160 valence electrons. The molecule has 0 radical (unpaired) electrons. The van der Waals surface area contributed by atoms with E-state index >= 15 is 0 Å². The van der Waals surface area contributed by atoms with E-state index in [0.717, 1.165) is 55.8 Å². The number of methoxy groups -OCH3 is 2. The molecule has 1 fully saturated rings. The third-order valence-electron chi connectivity index (χ3n) is 4.74. The molecule has 0 amide bonds. The summed E-state index contributed by atoms with van der Waals surface area (Å²) in [5.41, 5.74) is 2.19. The number of nitrogens with one attached hydrogen (secondary N) is 3. The summed E-state index contributed by atoms with van der Waals surface area (Å²) >= 11 is 0. The molecule has 9 heteroatoms. The van der Waals surface area contributed by atoms with E-state index in [-0.39, 0.29) is 24.0 Å². The van der Waals surface area contributed by atoms with Gasteiger partial charge in [0, 0.05) is 44.5 Å². The van der Waals surface area contributed by atoms with Gasteiger partial charge < -0.3 is 20.1 Å². The van der Waals surface area contributed by atoms with Crippen molar-refractivity contribution in [3.63, 3.8) is 0 Å². The molecule has 1 saturated heterocycles. The molecule has 1 aromatic heterocycles. The summed E-state index contributed by atoms with van der Waals surface area (Å²) in [5.74, 6) is 2.49. The highest BCUT2D eigenvalue weighted by Gasteiger charge is 2.23. The Bertz CT molecular complexity index is 746. The lowest BCUT2D eigenvalue weighted by Gasteiger charge is -2.19. The third kappa shape index (κ3) is 7.07. The molecule has 0 bridgehead atoms. The van der Waals surface area contributed by atoms with Crippen LogP contribution in [0.15, 0.2) is 35.5 Å². The second kappa shape index (κ2) is 11.9. The molecule has 2 aromatic rings. The van der Waals surface area contributed by atoms with Gasteiger partial charge in [0.25, 0.3) is 0 Å². The van der Waals surface area contributed by atoms with Crippen LogP contribution in [0.1, 0.15) is 24.6 Å². The summed E-state index contributed by atoms with van der Waals surface area (Å²) < 4.78 is 10.8. The lowest BCUT2D eigenvalue weighted by atomic mass is 10.2. The van der Waals surface area contributed by atoms with Crippen molar-refractivity contribution in [3.8, 4) is 11.5 Å². The average Bonchev–Trinajstić information content (AvgIpc) is 3.38. The van der Waals surface area contributed by atoms with Gasteiger partial charge in [0.1, 0.15) is 11.5 Å². The molecule has 1 unspecified atom stereocenters. The van der Waals surface area contributed by atoms with Gasteiger partial charge in [0.15, 0.2) is 5.96 Å². The van der Waals surface area contributed by atoms with Gasteiger partial charge in [-0.05, 0) is 37.1 Å². The van der Waals surface area contributed by atoms with Crippen molar-refractivity contribution in [2.24, 2.45) is 4.99 Å². The molecule has 1 aromatic carbocycles. The Balaban J connectivity index is 0.00000300. The van der Waals surface area contributed by atoms with Gasteiger partial charge in [-0.15, -0.1) is 24.0 Å². The Morgan fingerprint density at radius 2 is 2.03 bits per heavy atom. The normalized spacial score (nSPS) is 16.9. The standard InChI is InChI=1S/C20H30N6O2.HI/c1-4-21-20(22-12-16-5-7-23-25-16)24-17-6-8-26(14-17)13-15-9-18(27-2)11-19(10-15)28-3;/h5,7,9-11,17H,4,6,8,12-14H2,1-3H3,(H,23,25)(H2,21,22,24);1H. The second-order valence-electron chi connectivity index (χ2n) is 6.86. The van der Waals surface area contributed by atoms with Crippen molar-refractivity contribution in [2.75, 3.05) is 33.9 Å². The highest BCUT2D eigenvalue weighted by atomic mass is 127. The summed E-state index contributed by atoms with van der Waals surface area (Å²) in [6.45, 7) is 6.35. The number of likely N-dealkylation sites (tertiary alicyclic amines) is 1. The maximum atomic E-state index is 5.38. The number of aromatic nitrogens is 2. The van der Waals surface area contributed by atoms with Crippen LogP contribution in [0.4, 0.5) is 0 Å². The van der Waals surface area contributed by atoms with Crippen LogP contribution in [0.3, 0.4) is 0 Å². The smallest absolute Gasteiger partial charge is 0.191 e. The second-order valence-corrected chi connectivity index (χ2v) is 6.86. The fourth-order valence-corrected chi connectivity index (χ4v) is 3.36. The topological polar surface area (TPSA) is 86.8 Å². The molecule has 0 aliphatic carbocycles. The highest BCUT2D eigenvalue weighted by molar-refractivity contribution is 14.0. The van der Waals surface area contributed by atoms with Crippen molar-refractivity contribution in [2.45, 2.75) is 32.5 Å². The zero-order valence-electron chi connectivity index (χ0n) is 17.3. The molecule has 1 aliphatic rings. The molecule has 2 heterocycles. The van der Waals surface area contributed by atoms with Crippen LogP contribution in [-0.4, -0.2) is 61.0 Å². The Morgan fingerprint density at radius 1 is 1.28 bits per heavy atom. The van der Waals surface area contributed by atoms with Crippen molar-refractivity contribution in [1.29, 1.82) is 0 Å². The molecule has 0 spiro atoms. The first-order valence-electron chi connectivity index (χ1n) is 9.67. The van der Waals surface area contributed by atoms with E-state index in [9.17, 15) is 0 Å². The number of benzene rings is 1. The maximum absolute atomic E-state index is 5.38. The average molecular weight is 514 g/mol. The fourth-order valence-electron chi connectivity index (χ4n) is 3.36. The van der Waals surface area contributed by atoms with E-state index in [1.807, 2.05) is 12.1 Å². The van der Waals surface area contributed by atoms with E-state index in [4.69, 9.17) is 9.47 Å². The number of rotatable bonds is 8. The van der Waals surface area contributed by atoms with E-state index in [1.165, 1.54) is 5.56 Å². The predicted molar refractivity (Wildman–Crippen MR) is 125 cm³/mol. The minimum absolute atomic E-state index is 0. The van der Waals surface area contributed by atoms with Gasteiger partial charge >= 0.3 is 0 Å². The minimum atomic E-state index is 0. The Morgan fingerprint density at radius 3 is 2.66 bits per heavy atom. The van der Waals surface area contributed by atoms with Crippen LogP contribution in [0.5, 0.6) is 11.5 Å². The van der Waals surface area contributed by atoms with Crippen LogP contribution < -0.4 is 20.1 Å². The number of aliphatic imine (C=N–C) groups is 1. The highest BCUT2D eigenvalue weighted by Crippen LogP contribution is 2.24. The summed E-state index contributed by atoms with van der Waals surface area (Å²) in [6, 6.07) is 8.34. The molecule has 29 heavy (non-hydrogen) atoms. The number of hydrogen-bond acceptors (Lipinski definition) is 5. The van der Waals surface area contributed by atoms with Gasteiger partial charge in [-0.1, -0.05) is 0 Å². The Labute approximate surface area is 189 Å². The third-order valence-corrected chi connectivity index (χ3v) is 4.74. The van der Waals surface area contributed by atoms with E-state index in [1.54, 1.807) is 20.4 Å². The summed E-state index contributed by atoms with van der Waals surface area (Å²) in [5, 5.41) is 13.8. The monoisotopic (exact) mass is 514 g/mol. The number of ether oxygens (including phenoxy) is 2. The van der Waals surface area contributed by atoms with Gasteiger partial charge in [0.05, 0.1) is 26.5 Å². The molecular weight excluding hydrogens is 483 g/mol. The maximum Gasteiger partial charge on any atom is 0.191 e. The fraction of sp³-hybridized carbons (Fsp3) is 0.500. The van der Waals surface area contributed by atoms with E-state index in [2.05, 4.69) is 49.8 Å². The van der Waals surface area contributed by atoms with Gasteiger partial charge in [-0.2, -0.15) is 5.10 Å². The van der Waals surface area contributed by atoms with Gasteiger partial charge in [0.2, 0.25) is 0 Å². The largest absolute Gasteiger partial charge is 0.497 e. The number of halogens is 1. The first-order valence-corrected chi connectivity index (χ1v) is 9.67. The lowest BCUT2D eigenvalue weighted by molar-refractivity contribution is 0.321. The quantitative estimate of drug-likeness (QED) is 0.285. The summed E-state index contributed by atoms with van der Waals surface area (Å²) in [6.07, 6.45) is 2.82. The van der Waals surface area contributed by atoms with Gasteiger partial charge in [-0.25, -0.2) is 4.99 Å². The van der Waals surface area contributed by atoms with Crippen molar-refractivity contribution in [1.82, 2.24) is 25.7 Å². The van der Waals surface area contributed by atoms with E-state index < -0.39 is 0 Å². The van der Waals surface area contributed by atoms with E-state index in [0.29, 0.717) is 12.6 Å². The van der Waals surface area contributed by atoms with Crippen LogP contribution in [0.2, 0.25) is 0 Å². The lowest BCUT2D eigenvalue weighted by Crippen LogP contribution is -2.44. The number of guanidine groups is 1. The Hall–Kier alpha value is -2.01. The molecule has 1 aliphatic heterocycles. The van der Waals surface area contributed by atoms with Crippen molar-refractivity contribution >= 4 is 29.9 Å². The van der Waals surface area contributed by atoms with Crippen molar-refractivity contribution < 1.29 is 9.47 Å². The number of aromatic amines is 1. The molecule has 0 saturated carbocycles. The van der Waals surface area contributed by atoms with Crippen LogP contribution >= 0.6 is 24.0 Å². The molecule has 1 atom stereocenters. The molecule has 3 N–H and O–H groups in total. The van der Waals surface area contributed by atoms with Gasteiger partial charge in [-0.3, -0.25) is 10.00 Å². The number of H-pyrrole nitrogens is 1. The first-order chi connectivity index (χ1) is 13.7. The van der Waals surface area contributed by atoms with Crippen LogP contribution in [0, 0.1) is 0 Å². The molecular formula is C20H31IN6O2. The molecule has 3 rings (SSSR count). The molecule has 8 nitrogen and oxygen atoms in total. The minimum Gasteiger partial charge on any atom is -0.497 e.